The van der Waals surface area contributed by atoms with Crippen molar-refractivity contribution in [3.8, 4) is 0 Å². The molecule has 0 heterocycles. The van der Waals surface area contributed by atoms with Crippen molar-refractivity contribution in [2.24, 2.45) is 16.2 Å². The van der Waals surface area contributed by atoms with E-state index in [1.54, 1.807) is 0 Å². The SMILES string of the molecule is CO[Si](OC1CC(C)(C)CCC1=O)(OC1CC(C)(C)CCC1=O)OC1CC(C)(C)CCC1=O. The number of hydrogen-bond acceptors (Lipinski definition) is 7. The second kappa shape index (κ2) is 9.61. The molecule has 0 spiro atoms. The summed E-state index contributed by atoms with van der Waals surface area (Å²) in [5.41, 5.74) is -0.215. The minimum Gasteiger partial charge on any atom is -0.355 e. The second-order valence-electron chi connectivity index (χ2n) is 12.5. The Morgan fingerprint density at radius 3 is 1.12 bits per heavy atom. The molecule has 3 aliphatic rings. The zero-order valence-corrected chi connectivity index (χ0v) is 22.5. The largest absolute Gasteiger partial charge is 0.681 e. The summed E-state index contributed by atoms with van der Waals surface area (Å²) in [7, 11) is -2.58. The van der Waals surface area contributed by atoms with Crippen LogP contribution in [0.5, 0.6) is 0 Å². The summed E-state index contributed by atoms with van der Waals surface area (Å²) in [5.74, 6) is -0.0387. The van der Waals surface area contributed by atoms with E-state index in [-0.39, 0.29) is 33.6 Å². The lowest BCUT2D eigenvalue weighted by atomic mass is 9.76. The van der Waals surface area contributed by atoms with Crippen LogP contribution in [0.4, 0.5) is 0 Å². The highest BCUT2D eigenvalue weighted by molar-refractivity contribution is 6.54. The minimum absolute atomic E-state index is 0.0129. The summed E-state index contributed by atoms with van der Waals surface area (Å²) in [4.78, 5) is 38.4. The molecule has 0 aromatic heterocycles. The van der Waals surface area contributed by atoms with E-state index in [4.69, 9.17) is 17.7 Å². The third kappa shape index (κ3) is 6.81. The van der Waals surface area contributed by atoms with Gasteiger partial charge in [0.2, 0.25) is 0 Å². The van der Waals surface area contributed by atoms with Crippen LogP contribution in [0.2, 0.25) is 0 Å². The van der Waals surface area contributed by atoms with Gasteiger partial charge >= 0.3 is 9.05 Å². The van der Waals surface area contributed by atoms with Gasteiger partial charge in [0.05, 0.1) is 0 Å². The van der Waals surface area contributed by atoms with E-state index in [0.29, 0.717) is 38.5 Å². The average Bonchev–Trinajstić information content (AvgIpc) is 2.70. The third-order valence-electron chi connectivity index (χ3n) is 7.55. The third-order valence-corrected chi connectivity index (χ3v) is 9.77. The quantitative estimate of drug-likeness (QED) is 0.491. The Morgan fingerprint density at radius 1 is 0.606 bits per heavy atom. The van der Waals surface area contributed by atoms with Gasteiger partial charge in [-0.2, -0.15) is 0 Å². The van der Waals surface area contributed by atoms with E-state index in [9.17, 15) is 14.4 Å². The molecule has 0 radical (unpaired) electrons. The van der Waals surface area contributed by atoms with Crippen LogP contribution in [0.15, 0.2) is 0 Å². The van der Waals surface area contributed by atoms with Crippen LogP contribution in [-0.4, -0.2) is 51.8 Å². The van der Waals surface area contributed by atoms with Gasteiger partial charge in [-0.1, -0.05) is 41.5 Å². The van der Waals surface area contributed by atoms with Crippen LogP contribution in [0, 0.1) is 16.2 Å². The molecule has 3 unspecified atom stereocenters. The molecule has 33 heavy (non-hydrogen) atoms. The lowest BCUT2D eigenvalue weighted by Crippen LogP contribution is -2.59. The van der Waals surface area contributed by atoms with Gasteiger partial charge < -0.3 is 17.7 Å². The highest BCUT2D eigenvalue weighted by Crippen LogP contribution is 2.41. The summed E-state index contributed by atoms with van der Waals surface area (Å²) in [6.07, 6.45) is 2.96. The van der Waals surface area contributed by atoms with Crippen molar-refractivity contribution < 1.29 is 32.1 Å². The fourth-order valence-electron chi connectivity index (χ4n) is 5.09. The van der Waals surface area contributed by atoms with Crippen LogP contribution < -0.4 is 0 Å². The molecule has 0 aromatic carbocycles. The molecule has 0 N–H and O–H groups in total. The molecule has 0 aromatic rings. The number of carbonyl (C=O) groups excluding carboxylic acids is 3. The van der Waals surface area contributed by atoms with Crippen LogP contribution in [-0.2, 0) is 32.1 Å². The molecular formula is C25H42O7Si. The van der Waals surface area contributed by atoms with E-state index in [2.05, 4.69) is 41.5 Å². The standard InChI is InChI=1S/C25H42O7Si/c1-23(2)11-8-17(26)20(14-23)30-33(29-7,31-21-15-24(3,4)12-9-18(21)27)32-22-16-25(5,6)13-10-19(22)28/h20-22H,8-16H2,1-7H3. The monoisotopic (exact) mass is 482 g/mol. The molecule has 3 fully saturated rings. The number of rotatable bonds is 7. The zero-order chi connectivity index (χ0) is 24.7. The number of hydrogen-bond donors (Lipinski definition) is 0. The maximum atomic E-state index is 12.8. The zero-order valence-electron chi connectivity index (χ0n) is 21.5. The van der Waals surface area contributed by atoms with E-state index < -0.39 is 27.4 Å². The summed E-state index contributed by atoms with van der Waals surface area (Å²) in [6.45, 7) is 12.6. The topological polar surface area (TPSA) is 88.1 Å². The molecule has 3 atom stereocenters. The smallest absolute Gasteiger partial charge is 0.355 e. The summed E-state index contributed by atoms with van der Waals surface area (Å²) < 4.78 is 24.8. The van der Waals surface area contributed by atoms with E-state index in [1.807, 2.05) is 0 Å². The Hall–Kier alpha value is -0.933. The molecule has 3 rings (SSSR count). The van der Waals surface area contributed by atoms with E-state index >= 15 is 0 Å². The highest BCUT2D eigenvalue weighted by Gasteiger charge is 2.56. The fraction of sp³-hybridized carbons (Fsp3) is 0.880. The first-order chi connectivity index (χ1) is 15.1. The molecule has 3 aliphatic carbocycles. The number of Topliss-reactive ketones (excluding diaryl/α,β-unsaturated/α-hetero) is 3. The lowest BCUT2D eigenvalue weighted by molar-refractivity contribution is -0.156. The van der Waals surface area contributed by atoms with Gasteiger partial charge in [0.25, 0.3) is 0 Å². The summed E-state index contributed by atoms with van der Waals surface area (Å²) in [6, 6.07) is 0. The molecule has 0 saturated heterocycles. The maximum Gasteiger partial charge on any atom is 0.681 e. The second-order valence-corrected chi connectivity index (χ2v) is 14.6. The Labute approximate surface area is 199 Å². The van der Waals surface area contributed by atoms with Gasteiger partial charge in [0.15, 0.2) is 17.3 Å². The molecule has 7 nitrogen and oxygen atoms in total. The first-order valence-electron chi connectivity index (χ1n) is 12.3. The number of ketones is 3. The number of carbonyl (C=O) groups is 3. The van der Waals surface area contributed by atoms with Crippen molar-refractivity contribution in [1.82, 2.24) is 0 Å². The van der Waals surface area contributed by atoms with Gasteiger partial charge in [-0.15, -0.1) is 0 Å². The average molecular weight is 483 g/mol. The van der Waals surface area contributed by atoms with Crippen molar-refractivity contribution >= 4 is 26.4 Å². The predicted molar refractivity (Wildman–Crippen MR) is 125 cm³/mol. The molecule has 8 heteroatoms. The summed E-state index contributed by atoms with van der Waals surface area (Å²) >= 11 is 0. The Bertz CT molecular complexity index is 675. The van der Waals surface area contributed by atoms with Gasteiger partial charge in [0.1, 0.15) is 18.3 Å². The molecule has 0 aliphatic heterocycles. The minimum atomic E-state index is -4.01. The van der Waals surface area contributed by atoms with Gasteiger partial charge in [0, 0.05) is 26.4 Å². The van der Waals surface area contributed by atoms with E-state index in [1.165, 1.54) is 7.11 Å². The Balaban J connectivity index is 1.90. The van der Waals surface area contributed by atoms with Crippen LogP contribution in [0.1, 0.15) is 99.3 Å². The van der Waals surface area contributed by atoms with Crippen LogP contribution >= 0.6 is 0 Å². The van der Waals surface area contributed by atoms with Crippen molar-refractivity contribution in [2.75, 3.05) is 7.11 Å². The van der Waals surface area contributed by atoms with Crippen LogP contribution in [0.25, 0.3) is 0 Å². The van der Waals surface area contributed by atoms with Crippen molar-refractivity contribution in [3.05, 3.63) is 0 Å². The van der Waals surface area contributed by atoms with E-state index in [0.717, 1.165) is 19.3 Å². The molecule has 188 valence electrons. The van der Waals surface area contributed by atoms with Gasteiger partial charge in [-0.3, -0.25) is 14.4 Å². The first-order valence-corrected chi connectivity index (χ1v) is 13.9. The Kier molecular flexibility index (Phi) is 7.76. The van der Waals surface area contributed by atoms with Crippen molar-refractivity contribution in [1.29, 1.82) is 0 Å². The summed E-state index contributed by atoms with van der Waals surface area (Å²) in [5, 5.41) is 0. The molecule has 3 saturated carbocycles. The molecule has 0 amide bonds. The predicted octanol–water partition coefficient (Wildman–Crippen LogP) is 4.56. The van der Waals surface area contributed by atoms with Crippen LogP contribution in [0.3, 0.4) is 0 Å². The fourth-order valence-corrected chi connectivity index (χ4v) is 7.24. The molecular weight excluding hydrogens is 440 g/mol. The van der Waals surface area contributed by atoms with Gasteiger partial charge in [-0.05, 0) is 54.8 Å². The maximum absolute atomic E-state index is 12.8. The highest BCUT2D eigenvalue weighted by atomic mass is 28.4. The molecule has 0 bridgehead atoms. The van der Waals surface area contributed by atoms with Gasteiger partial charge in [-0.25, -0.2) is 0 Å². The van der Waals surface area contributed by atoms with Crippen molar-refractivity contribution in [2.45, 2.75) is 118 Å². The normalized spacial score (nSPS) is 33.5. The Morgan fingerprint density at radius 2 is 0.879 bits per heavy atom. The first kappa shape index (κ1) is 26.7. The van der Waals surface area contributed by atoms with Crippen molar-refractivity contribution in [3.63, 3.8) is 0 Å². The lowest BCUT2D eigenvalue weighted by Gasteiger charge is -2.42.